The summed E-state index contributed by atoms with van der Waals surface area (Å²) in [5.41, 5.74) is 1.75. The summed E-state index contributed by atoms with van der Waals surface area (Å²) in [6.07, 6.45) is 7.48. The smallest absolute Gasteiger partial charge is 0.163 e. The Morgan fingerprint density at radius 2 is 2.00 bits per heavy atom. The molecule has 0 N–H and O–H groups in total. The number of benzene rings is 1. The maximum Gasteiger partial charge on any atom is 0.163 e. The van der Waals surface area contributed by atoms with Crippen LogP contribution in [0.4, 0.5) is 0 Å². The molecule has 0 unspecified atom stereocenters. The Morgan fingerprint density at radius 1 is 1.17 bits per heavy atom. The molecule has 1 saturated carbocycles. The van der Waals surface area contributed by atoms with Crippen molar-refractivity contribution in [2.75, 3.05) is 0 Å². The molecule has 0 aliphatic heterocycles. The molecular formula is C16H17NO. The number of rotatable bonds is 3. The fraction of sp³-hybridized carbons (Fsp3) is 0.375. The van der Waals surface area contributed by atoms with Gasteiger partial charge in [0, 0.05) is 23.6 Å². The average molecular weight is 239 g/mol. The lowest BCUT2D eigenvalue weighted by molar-refractivity contribution is 0.0964. The van der Waals surface area contributed by atoms with Gasteiger partial charge < -0.3 is 0 Å². The maximum absolute atomic E-state index is 12.4. The Morgan fingerprint density at radius 3 is 2.83 bits per heavy atom. The van der Waals surface area contributed by atoms with E-state index in [9.17, 15) is 4.79 Å². The van der Waals surface area contributed by atoms with E-state index >= 15 is 0 Å². The summed E-state index contributed by atoms with van der Waals surface area (Å²) >= 11 is 0. The van der Waals surface area contributed by atoms with Gasteiger partial charge >= 0.3 is 0 Å². The first kappa shape index (κ1) is 11.4. The first-order valence-corrected chi connectivity index (χ1v) is 6.71. The molecule has 1 aliphatic carbocycles. The van der Waals surface area contributed by atoms with Crippen LogP contribution in [-0.2, 0) is 0 Å². The highest BCUT2D eigenvalue weighted by Crippen LogP contribution is 2.29. The van der Waals surface area contributed by atoms with Crippen molar-refractivity contribution < 1.29 is 4.79 Å². The summed E-state index contributed by atoms with van der Waals surface area (Å²) in [4.78, 5) is 16.7. The van der Waals surface area contributed by atoms with Gasteiger partial charge in [-0.15, -0.1) is 0 Å². The summed E-state index contributed by atoms with van der Waals surface area (Å²) in [6.45, 7) is 0. The minimum Gasteiger partial charge on any atom is -0.294 e. The van der Waals surface area contributed by atoms with Crippen LogP contribution in [0.3, 0.4) is 0 Å². The van der Waals surface area contributed by atoms with E-state index < -0.39 is 0 Å². The van der Waals surface area contributed by atoms with Crippen molar-refractivity contribution in [2.24, 2.45) is 5.92 Å². The molecule has 1 aromatic carbocycles. The Balaban J connectivity index is 1.91. The highest BCUT2D eigenvalue weighted by Gasteiger charge is 2.20. The number of pyridine rings is 1. The number of fused-ring (bicyclic) bond motifs is 1. The lowest BCUT2D eigenvalue weighted by Crippen LogP contribution is -2.06. The molecule has 0 atom stereocenters. The Bertz CT molecular complexity index is 565. The molecule has 1 aliphatic rings. The van der Waals surface area contributed by atoms with E-state index in [4.69, 9.17) is 0 Å². The van der Waals surface area contributed by atoms with Crippen molar-refractivity contribution >= 4 is 16.7 Å². The molecule has 0 bridgehead atoms. The Labute approximate surface area is 107 Å². The molecule has 2 heteroatoms. The first-order chi connectivity index (χ1) is 8.84. The largest absolute Gasteiger partial charge is 0.294 e. The molecule has 0 saturated heterocycles. The molecule has 0 amide bonds. The van der Waals surface area contributed by atoms with Gasteiger partial charge in [-0.3, -0.25) is 9.78 Å². The third kappa shape index (κ3) is 2.15. The molecule has 2 aromatic rings. The number of carbonyl (C=O) groups is 1. The molecule has 0 radical (unpaired) electrons. The quantitative estimate of drug-likeness (QED) is 0.758. The normalized spacial score (nSPS) is 16.2. The van der Waals surface area contributed by atoms with Gasteiger partial charge in [0.25, 0.3) is 0 Å². The zero-order valence-corrected chi connectivity index (χ0v) is 10.4. The number of carbonyl (C=O) groups excluding carboxylic acids is 1. The monoisotopic (exact) mass is 239 g/mol. The molecule has 0 spiro atoms. The highest BCUT2D eigenvalue weighted by molar-refractivity contribution is 6.07. The standard InChI is InChI=1S/C16H17NO/c18-16(11-12-5-1-2-6-12)14-7-3-9-15-13(14)8-4-10-17-15/h3-4,7-10,12H,1-2,5-6,11H2. The molecular weight excluding hydrogens is 222 g/mol. The van der Waals surface area contributed by atoms with Crippen LogP contribution in [0.1, 0.15) is 42.5 Å². The number of hydrogen-bond acceptors (Lipinski definition) is 2. The number of aromatic nitrogens is 1. The Kier molecular flexibility index (Phi) is 3.09. The van der Waals surface area contributed by atoms with E-state index in [0.717, 1.165) is 16.5 Å². The first-order valence-electron chi connectivity index (χ1n) is 6.71. The summed E-state index contributed by atoms with van der Waals surface area (Å²) in [5.74, 6) is 0.880. The molecule has 3 rings (SSSR count). The van der Waals surface area contributed by atoms with Gasteiger partial charge in [-0.1, -0.05) is 43.9 Å². The number of hydrogen-bond donors (Lipinski definition) is 0. The molecule has 1 aromatic heterocycles. The summed E-state index contributed by atoms with van der Waals surface area (Å²) in [7, 11) is 0. The summed E-state index contributed by atoms with van der Waals surface area (Å²) < 4.78 is 0. The predicted molar refractivity (Wildman–Crippen MR) is 72.6 cm³/mol. The second-order valence-electron chi connectivity index (χ2n) is 5.15. The van der Waals surface area contributed by atoms with Crippen LogP contribution in [-0.4, -0.2) is 10.8 Å². The number of ketones is 1. The minimum absolute atomic E-state index is 0.278. The van der Waals surface area contributed by atoms with Crippen LogP contribution >= 0.6 is 0 Å². The Hall–Kier alpha value is -1.70. The lowest BCUT2D eigenvalue weighted by atomic mass is 9.95. The van der Waals surface area contributed by atoms with Crippen molar-refractivity contribution in [1.29, 1.82) is 0 Å². The van der Waals surface area contributed by atoms with Crippen LogP contribution in [0.25, 0.3) is 10.9 Å². The van der Waals surface area contributed by atoms with Crippen molar-refractivity contribution in [1.82, 2.24) is 4.98 Å². The third-order valence-corrected chi connectivity index (χ3v) is 3.89. The minimum atomic E-state index is 0.278. The molecule has 18 heavy (non-hydrogen) atoms. The van der Waals surface area contributed by atoms with Gasteiger partial charge in [0.1, 0.15) is 0 Å². The average Bonchev–Trinajstić information content (AvgIpc) is 2.91. The van der Waals surface area contributed by atoms with Gasteiger partial charge in [0.05, 0.1) is 5.52 Å². The van der Waals surface area contributed by atoms with Crippen molar-refractivity contribution in [2.45, 2.75) is 32.1 Å². The van der Waals surface area contributed by atoms with Gasteiger partial charge in [0.15, 0.2) is 5.78 Å². The highest BCUT2D eigenvalue weighted by atomic mass is 16.1. The van der Waals surface area contributed by atoms with E-state index in [-0.39, 0.29) is 5.78 Å². The van der Waals surface area contributed by atoms with E-state index in [2.05, 4.69) is 4.98 Å². The molecule has 2 nitrogen and oxygen atoms in total. The van der Waals surface area contributed by atoms with E-state index in [1.165, 1.54) is 25.7 Å². The lowest BCUT2D eigenvalue weighted by Gasteiger charge is -2.09. The van der Waals surface area contributed by atoms with E-state index in [1.807, 2.05) is 30.3 Å². The van der Waals surface area contributed by atoms with Gasteiger partial charge in [-0.25, -0.2) is 0 Å². The zero-order valence-electron chi connectivity index (χ0n) is 10.4. The van der Waals surface area contributed by atoms with Crippen LogP contribution in [0, 0.1) is 5.92 Å². The number of Topliss-reactive ketones (excluding diaryl/α,β-unsaturated/α-hetero) is 1. The summed E-state index contributed by atoms with van der Waals surface area (Å²) in [6, 6.07) is 9.71. The second-order valence-corrected chi connectivity index (χ2v) is 5.15. The molecule has 92 valence electrons. The maximum atomic E-state index is 12.4. The summed E-state index contributed by atoms with van der Waals surface area (Å²) in [5, 5.41) is 0.989. The molecule has 1 fully saturated rings. The fourth-order valence-corrected chi connectivity index (χ4v) is 2.93. The van der Waals surface area contributed by atoms with Crippen LogP contribution < -0.4 is 0 Å². The van der Waals surface area contributed by atoms with Gasteiger partial charge in [0.2, 0.25) is 0 Å². The van der Waals surface area contributed by atoms with E-state index in [0.29, 0.717) is 12.3 Å². The molecule has 1 heterocycles. The third-order valence-electron chi connectivity index (χ3n) is 3.89. The fourth-order valence-electron chi connectivity index (χ4n) is 2.93. The van der Waals surface area contributed by atoms with Gasteiger partial charge in [-0.05, 0) is 18.1 Å². The topological polar surface area (TPSA) is 30.0 Å². The zero-order chi connectivity index (χ0) is 12.4. The van der Waals surface area contributed by atoms with Gasteiger partial charge in [-0.2, -0.15) is 0 Å². The SMILES string of the molecule is O=C(CC1CCCC1)c1cccc2ncccc12. The number of nitrogens with zero attached hydrogens (tertiary/aromatic N) is 1. The van der Waals surface area contributed by atoms with Crippen molar-refractivity contribution in [3.05, 3.63) is 42.1 Å². The van der Waals surface area contributed by atoms with Crippen molar-refractivity contribution in [3.63, 3.8) is 0 Å². The predicted octanol–water partition coefficient (Wildman–Crippen LogP) is 4.00. The van der Waals surface area contributed by atoms with Crippen molar-refractivity contribution in [3.8, 4) is 0 Å². The van der Waals surface area contributed by atoms with Crippen LogP contribution in [0.15, 0.2) is 36.5 Å². The van der Waals surface area contributed by atoms with Crippen LogP contribution in [0.2, 0.25) is 0 Å². The van der Waals surface area contributed by atoms with E-state index in [1.54, 1.807) is 6.20 Å². The second kappa shape index (κ2) is 4.89. The van der Waals surface area contributed by atoms with Crippen LogP contribution in [0.5, 0.6) is 0 Å².